The van der Waals surface area contributed by atoms with Crippen molar-refractivity contribution < 1.29 is 19.4 Å². The zero-order valence-corrected chi connectivity index (χ0v) is 13.1. The molecule has 0 saturated carbocycles. The lowest BCUT2D eigenvalue weighted by Crippen LogP contribution is -2.38. The summed E-state index contributed by atoms with van der Waals surface area (Å²) in [5, 5.41) is 11.2. The van der Waals surface area contributed by atoms with Crippen LogP contribution in [-0.4, -0.2) is 41.8 Å². The van der Waals surface area contributed by atoms with E-state index in [1.54, 1.807) is 20.8 Å². The van der Waals surface area contributed by atoms with Gasteiger partial charge in [0.05, 0.1) is 0 Å². The van der Waals surface area contributed by atoms with Crippen molar-refractivity contribution in [2.75, 3.05) is 13.2 Å². The number of carbonyl (C=O) groups is 2. The molecule has 1 atom stereocenters. The molecule has 0 aromatic carbocycles. The number of aliphatic hydroxyl groups excluding tert-OH is 1. The van der Waals surface area contributed by atoms with E-state index in [9.17, 15) is 9.59 Å². The molecule has 0 aromatic rings. The number of nitrogens with two attached hydrogens (primary N) is 1. The van der Waals surface area contributed by atoms with Gasteiger partial charge in [-0.25, -0.2) is 0 Å². The van der Waals surface area contributed by atoms with Crippen molar-refractivity contribution in [3.63, 3.8) is 0 Å². The lowest BCUT2D eigenvalue weighted by Gasteiger charge is -2.22. The Hall–Kier alpha value is -1.58. The van der Waals surface area contributed by atoms with Gasteiger partial charge in [0.15, 0.2) is 0 Å². The fourth-order valence-electron chi connectivity index (χ4n) is 1.42. The van der Waals surface area contributed by atoms with Gasteiger partial charge < -0.3 is 20.9 Å². The van der Waals surface area contributed by atoms with Crippen LogP contribution in [0.2, 0.25) is 0 Å². The molecule has 0 aliphatic carbocycles. The van der Waals surface area contributed by atoms with Gasteiger partial charge in [-0.1, -0.05) is 5.92 Å². The Balaban J connectivity index is 3.80. The number of aliphatic hydroxyl groups is 1. The number of amides is 1. The summed E-state index contributed by atoms with van der Waals surface area (Å²) in [5.74, 6) is 4.66. The molecule has 0 radical (unpaired) electrons. The highest BCUT2D eigenvalue weighted by Gasteiger charge is 2.22. The van der Waals surface area contributed by atoms with Crippen LogP contribution in [0, 0.1) is 11.8 Å². The summed E-state index contributed by atoms with van der Waals surface area (Å²) in [6.07, 6.45) is 1.78. The van der Waals surface area contributed by atoms with Crippen molar-refractivity contribution in [2.24, 2.45) is 5.73 Å². The predicted octanol–water partition coefficient (Wildman–Crippen LogP) is 0.328. The van der Waals surface area contributed by atoms with E-state index in [-0.39, 0.29) is 25.4 Å². The number of esters is 1. The quantitative estimate of drug-likeness (QED) is 0.357. The van der Waals surface area contributed by atoms with Gasteiger partial charge >= 0.3 is 5.97 Å². The second-order valence-corrected chi connectivity index (χ2v) is 5.64. The Morgan fingerprint density at radius 1 is 1.33 bits per heavy atom. The van der Waals surface area contributed by atoms with Gasteiger partial charge in [0.25, 0.3) is 0 Å². The number of unbranched alkanes of at least 4 members (excludes halogenated alkanes) is 1. The normalized spacial score (nSPS) is 12.0. The maximum Gasteiger partial charge on any atom is 0.323 e. The lowest BCUT2D eigenvalue weighted by molar-refractivity contribution is -0.156. The minimum atomic E-state index is -0.787. The van der Waals surface area contributed by atoms with Crippen LogP contribution in [0.25, 0.3) is 0 Å². The van der Waals surface area contributed by atoms with Crippen molar-refractivity contribution in [1.29, 1.82) is 0 Å². The van der Waals surface area contributed by atoms with Crippen LogP contribution in [0.3, 0.4) is 0 Å². The van der Waals surface area contributed by atoms with Gasteiger partial charge in [0, 0.05) is 19.4 Å². The molecule has 0 rings (SSSR count). The molecular formula is C15H26N2O4. The van der Waals surface area contributed by atoms with Gasteiger partial charge in [-0.15, -0.1) is 5.92 Å². The Morgan fingerprint density at radius 3 is 2.57 bits per heavy atom. The number of ether oxygens (including phenoxy) is 1. The molecule has 6 nitrogen and oxygen atoms in total. The third-order valence-electron chi connectivity index (χ3n) is 2.40. The summed E-state index contributed by atoms with van der Waals surface area (Å²) >= 11 is 0. The number of nitrogens with one attached hydrogen (secondary N) is 1. The Kier molecular flexibility index (Phi) is 9.42. The third kappa shape index (κ3) is 11.9. The van der Waals surface area contributed by atoms with Gasteiger partial charge in [-0.3, -0.25) is 9.59 Å². The molecule has 0 fully saturated rings. The molecule has 0 heterocycles. The fraction of sp³-hybridized carbons (Fsp3) is 0.733. The van der Waals surface area contributed by atoms with Crippen LogP contribution in [-0.2, 0) is 14.3 Å². The molecule has 0 aromatic heterocycles. The molecule has 0 spiro atoms. The molecule has 6 heteroatoms. The zero-order valence-electron chi connectivity index (χ0n) is 13.1. The molecule has 0 bridgehead atoms. The summed E-state index contributed by atoms with van der Waals surface area (Å²) in [5.41, 5.74) is 5.11. The van der Waals surface area contributed by atoms with E-state index in [2.05, 4.69) is 17.2 Å². The molecule has 4 N–H and O–H groups in total. The average molecular weight is 298 g/mol. The summed E-state index contributed by atoms with van der Waals surface area (Å²) in [6.45, 7) is 5.67. The van der Waals surface area contributed by atoms with E-state index < -0.39 is 17.6 Å². The first-order valence-electron chi connectivity index (χ1n) is 7.08. The number of rotatable bonds is 7. The van der Waals surface area contributed by atoms with Crippen LogP contribution >= 0.6 is 0 Å². The van der Waals surface area contributed by atoms with Crippen molar-refractivity contribution in [1.82, 2.24) is 5.32 Å². The lowest BCUT2D eigenvalue weighted by atomic mass is 10.1. The standard InChI is InChI=1S/C15H26N2O4/c1-15(2,3)21-14(20)12(16)8-9-13(19)17-10-6-4-5-7-11-18/h12,18H,4,6,8-11,16H2,1-3H3,(H,17,19). The van der Waals surface area contributed by atoms with Crippen molar-refractivity contribution in [3.05, 3.63) is 0 Å². The predicted molar refractivity (Wildman–Crippen MR) is 80.2 cm³/mol. The monoisotopic (exact) mass is 298 g/mol. The number of hydrogen-bond donors (Lipinski definition) is 3. The average Bonchev–Trinajstić information content (AvgIpc) is 2.38. The summed E-state index contributed by atoms with van der Waals surface area (Å²) < 4.78 is 5.14. The van der Waals surface area contributed by atoms with Crippen LogP contribution in [0.1, 0.15) is 46.5 Å². The highest BCUT2D eigenvalue weighted by Crippen LogP contribution is 2.09. The highest BCUT2D eigenvalue weighted by molar-refractivity contribution is 5.79. The van der Waals surface area contributed by atoms with E-state index >= 15 is 0 Å². The molecule has 0 aliphatic heterocycles. The Bertz CT molecular complexity index is 391. The first kappa shape index (κ1) is 19.4. The van der Waals surface area contributed by atoms with Gasteiger partial charge in [-0.2, -0.15) is 0 Å². The van der Waals surface area contributed by atoms with Gasteiger partial charge in [-0.05, 0) is 33.6 Å². The van der Waals surface area contributed by atoms with Crippen LogP contribution < -0.4 is 11.1 Å². The van der Waals surface area contributed by atoms with E-state index in [1.165, 1.54) is 0 Å². The van der Waals surface area contributed by atoms with E-state index in [0.29, 0.717) is 13.0 Å². The first-order chi connectivity index (χ1) is 9.76. The topological polar surface area (TPSA) is 102 Å². The third-order valence-corrected chi connectivity index (χ3v) is 2.40. The second kappa shape index (κ2) is 10.2. The molecular weight excluding hydrogens is 272 g/mol. The smallest absolute Gasteiger partial charge is 0.323 e. The second-order valence-electron chi connectivity index (χ2n) is 5.64. The molecule has 120 valence electrons. The largest absolute Gasteiger partial charge is 0.459 e. The maximum absolute atomic E-state index is 11.6. The summed E-state index contributed by atoms with van der Waals surface area (Å²) in [4.78, 5) is 23.2. The minimum Gasteiger partial charge on any atom is -0.459 e. The summed E-state index contributed by atoms with van der Waals surface area (Å²) in [7, 11) is 0. The Labute approximate surface area is 126 Å². The first-order valence-corrected chi connectivity index (χ1v) is 7.08. The summed E-state index contributed by atoms with van der Waals surface area (Å²) in [6, 6.07) is -0.787. The van der Waals surface area contributed by atoms with Crippen LogP contribution in [0.4, 0.5) is 0 Å². The van der Waals surface area contributed by atoms with Crippen LogP contribution in [0.5, 0.6) is 0 Å². The Morgan fingerprint density at radius 2 is 2.00 bits per heavy atom. The van der Waals surface area contributed by atoms with E-state index in [0.717, 1.165) is 6.42 Å². The minimum absolute atomic E-state index is 0.144. The number of carbonyl (C=O) groups excluding carboxylic acids is 2. The molecule has 1 unspecified atom stereocenters. The molecule has 1 amide bonds. The van der Waals surface area contributed by atoms with E-state index in [1.807, 2.05) is 0 Å². The molecule has 0 saturated heterocycles. The molecule has 0 aliphatic rings. The van der Waals surface area contributed by atoms with E-state index in [4.69, 9.17) is 15.6 Å². The fourth-order valence-corrected chi connectivity index (χ4v) is 1.42. The molecule has 21 heavy (non-hydrogen) atoms. The van der Waals surface area contributed by atoms with Crippen molar-refractivity contribution in [2.45, 2.75) is 58.1 Å². The number of hydrogen-bond acceptors (Lipinski definition) is 5. The van der Waals surface area contributed by atoms with Gasteiger partial charge in [0.2, 0.25) is 5.91 Å². The zero-order chi connectivity index (χ0) is 16.3. The highest BCUT2D eigenvalue weighted by atomic mass is 16.6. The van der Waals surface area contributed by atoms with Crippen molar-refractivity contribution in [3.8, 4) is 11.8 Å². The van der Waals surface area contributed by atoms with Crippen LogP contribution in [0.15, 0.2) is 0 Å². The SMILES string of the molecule is CC(C)(C)OC(=O)C(N)CCC(=O)NCCCC#CCO. The maximum atomic E-state index is 11.6. The van der Waals surface area contributed by atoms with Gasteiger partial charge in [0.1, 0.15) is 18.2 Å². The van der Waals surface area contributed by atoms with Crippen molar-refractivity contribution >= 4 is 11.9 Å².